The van der Waals surface area contributed by atoms with E-state index in [0.717, 1.165) is 0 Å². The van der Waals surface area contributed by atoms with E-state index in [0.29, 0.717) is 6.42 Å². The van der Waals surface area contributed by atoms with Crippen LogP contribution in [0.15, 0.2) is 0 Å². The molecule has 0 aliphatic carbocycles. The van der Waals surface area contributed by atoms with E-state index in [1.165, 1.54) is 4.90 Å². The maximum atomic E-state index is 11.4. The molecule has 1 fully saturated rings. The predicted molar refractivity (Wildman–Crippen MR) is 44.5 cm³/mol. The molecule has 1 heterocycles. The normalized spacial score (nSPS) is 30.4. The summed E-state index contributed by atoms with van der Waals surface area (Å²) in [4.78, 5) is 24.2. The highest BCUT2D eigenvalue weighted by Crippen LogP contribution is 2.09. The van der Waals surface area contributed by atoms with E-state index >= 15 is 0 Å². The highest BCUT2D eigenvalue weighted by Gasteiger charge is 2.34. The molecule has 1 N–H and O–H groups in total. The number of likely N-dealkylation sites (N-methyl/N-ethyl adjacent to an activating group) is 1. The van der Waals surface area contributed by atoms with Gasteiger partial charge in [-0.05, 0) is 13.3 Å². The van der Waals surface area contributed by atoms with Gasteiger partial charge in [-0.15, -0.1) is 0 Å². The highest BCUT2D eigenvalue weighted by atomic mass is 16.2. The quantitative estimate of drug-likeness (QED) is 0.589. The second kappa shape index (κ2) is 3.13. The minimum absolute atomic E-state index is 0.0125. The number of rotatable bonds is 1. The molecule has 1 aliphatic rings. The Labute approximate surface area is 71.9 Å². The van der Waals surface area contributed by atoms with Crippen molar-refractivity contribution < 1.29 is 9.59 Å². The third kappa shape index (κ3) is 1.29. The number of amides is 2. The topological polar surface area (TPSA) is 49.4 Å². The Hall–Kier alpha value is -1.06. The van der Waals surface area contributed by atoms with Gasteiger partial charge in [-0.25, -0.2) is 0 Å². The lowest BCUT2D eigenvalue weighted by molar-refractivity contribution is -0.147. The van der Waals surface area contributed by atoms with Gasteiger partial charge < -0.3 is 10.2 Å². The molecule has 2 atom stereocenters. The maximum Gasteiger partial charge on any atom is 0.245 e. The summed E-state index contributed by atoms with van der Waals surface area (Å²) in [6, 6.07) is -0.654. The molecule has 0 bridgehead atoms. The van der Waals surface area contributed by atoms with Crippen molar-refractivity contribution in [2.45, 2.75) is 32.4 Å². The molecule has 0 aromatic carbocycles. The first-order valence-electron chi connectivity index (χ1n) is 4.15. The fourth-order valence-electron chi connectivity index (χ4n) is 1.47. The van der Waals surface area contributed by atoms with Crippen LogP contribution in [0.25, 0.3) is 0 Å². The van der Waals surface area contributed by atoms with E-state index in [9.17, 15) is 9.59 Å². The van der Waals surface area contributed by atoms with Crippen molar-refractivity contribution in [2.24, 2.45) is 0 Å². The van der Waals surface area contributed by atoms with Crippen LogP contribution < -0.4 is 5.32 Å². The van der Waals surface area contributed by atoms with Gasteiger partial charge in [-0.2, -0.15) is 0 Å². The summed E-state index contributed by atoms with van der Waals surface area (Å²) < 4.78 is 0. The third-order valence-corrected chi connectivity index (χ3v) is 2.23. The number of carbonyl (C=O) groups is 2. The van der Waals surface area contributed by atoms with Crippen LogP contribution in [0.3, 0.4) is 0 Å². The molecule has 2 amide bonds. The zero-order valence-corrected chi connectivity index (χ0v) is 7.63. The number of carbonyl (C=O) groups excluding carboxylic acids is 2. The minimum atomic E-state index is -0.370. The molecule has 0 spiro atoms. The molecule has 68 valence electrons. The predicted octanol–water partition coefficient (Wildman–Crippen LogP) is -0.258. The fraction of sp³-hybridized carbons (Fsp3) is 0.750. The van der Waals surface area contributed by atoms with Crippen molar-refractivity contribution in [3.63, 3.8) is 0 Å². The van der Waals surface area contributed by atoms with Crippen molar-refractivity contribution >= 4 is 11.8 Å². The summed E-state index contributed by atoms with van der Waals surface area (Å²) in [7, 11) is 1.67. The first-order valence-corrected chi connectivity index (χ1v) is 4.15. The summed E-state index contributed by atoms with van der Waals surface area (Å²) in [5, 5.41) is 2.63. The lowest BCUT2D eigenvalue weighted by atomic mass is 10.1. The van der Waals surface area contributed by atoms with Crippen molar-refractivity contribution in [1.29, 1.82) is 0 Å². The number of hydrogen-bond acceptors (Lipinski definition) is 2. The van der Waals surface area contributed by atoms with Gasteiger partial charge in [-0.1, -0.05) is 6.92 Å². The smallest absolute Gasteiger partial charge is 0.245 e. The van der Waals surface area contributed by atoms with Crippen LogP contribution >= 0.6 is 0 Å². The molecule has 4 heteroatoms. The molecule has 2 unspecified atom stereocenters. The molecular formula is C8H14N2O2. The molecule has 0 saturated carbocycles. The number of piperazine rings is 1. The molecule has 0 aromatic heterocycles. The van der Waals surface area contributed by atoms with Gasteiger partial charge >= 0.3 is 0 Å². The van der Waals surface area contributed by atoms with Gasteiger partial charge in [0.1, 0.15) is 12.1 Å². The fourth-order valence-corrected chi connectivity index (χ4v) is 1.47. The zero-order valence-electron chi connectivity index (χ0n) is 7.63. The lowest BCUT2D eigenvalue weighted by Gasteiger charge is -2.34. The maximum absolute atomic E-state index is 11.4. The second-order valence-corrected chi connectivity index (χ2v) is 3.10. The van der Waals surface area contributed by atoms with E-state index < -0.39 is 0 Å². The Morgan fingerprint density at radius 2 is 2.08 bits per heavy atom. The van der Waals surface area contributed by atoms with E-state index in [-0.39, 0.29) is 23.9 Å². The molecule has 0 aromatic rings. The van der Waals surface area contributed by atoms with Gasteiger partial charge in [0, 0.05) is 7.05 Å². The van der Waals surface area contributed by atoms with Crippen molar-refractivity contribution in [3.8, 4) is 0 Å². The van der Waals surface area contributed by atoms with Gasteiger partial charge in [0.2, 0.25) is 11.8 Å². The van der Waals surface area contributed by atoms with Crippen molar-refractivity contribution in [2.75, 3.05) is 7.05 Å². The Morgan fingerprint density at radius 3 is 2.58 bits per heavy atom. The average Bonchev–Trinajstić information content (AvgIpc) is 2.01. The monoisotopic (exact) mass is 170 g/mol. The van der Waals surface area contributed by atoms with Crippen molar-refractivity contribution in [3.05, 3.63) is 0 Å². The van der Waals surface area contributed by atoms with Crippen LogP contribution in [0.4, 0.5) is 0 Å². The average molecular weight is 170 g/mol. The first-order chi connectivity index (χ1) is 5.57. The van der Waals surface area contributed by atoms with E-state index in [2.05, 4.69) is 5.32 Å². The van der Waals surface area contributed by atoms with Crippen LogP contribution in [0, 0.1) is 0 Å². The van der Waals surface area contributed by atoms with Gasteiger partial charge in [0.15, 0.2) is 0 Å². The Balaban J connectivity index is 2.79. The molecule has 1 aliphatic heterocycles. The molecule has 0 radical (unpaired) electrons. The largest absolute Gasteiger partial charge is 0.343 e. The summed E-state index contributed by atoms with van der Waals surface area (Å²) >= 11 is 0. The van der Waals surface area contributed by atoms with E-state index in [1.54, 1.807) is 14.0 Å². The minimum Gasteiger partial charge on any atom is -0.343 e. The summed E-state index contributed by atoms with van der Waals surface area (Å²) in [6.07, 6.45) is 0.667. The number of nitrogens with one attached hydrogen (secondary N) is 1. The standard InChI is InChI=1S/C8H14N2O2/c1-4-6-7(11)9-5(2)8(12)10(6)3/h5-6H,4H2,1-3H3,(H,9,11). The van der Waals surface area contributed by atoms with E-state index in [1.807, 2.05) is 6.92 Å². The molecular weight excluding hydrogens is 156 g/mol. The molecule has 1 rings (SSSR count). The zero-order chi connectivity index (χ0) is 9.30. The molecule has 1 saturated heterocycles. The van der Waals surface area contributed by atoms with Crippen LogP contribution in [0.2, 0.25) is 0 Å². The number of hydrogen-bond donors (Lipinski definition) is 1. The van der Waals surface area contributed by atoms with Crippen LogP contribution in [-0.2, 0) is 9.59 Å². The lowest BCUT2D eigenvalue weighted by Crippen LogP contribution is -2.60. The summed E-state index contributed by atoms with van der Waals surface area (Å²) in [5.74, 6) is -0.0615. The van der Waals surface area contributed by atoms with Crippen LogP contribution in [0.1, 0.15) is 20.3 Å². The van der Waals surface area contributed by atoms with Crippen LogP contribution in [0.5, 0.6) is 0 Å². The van der Waals surface area contributed by atoms with Gasteiger partial charge in [-0.3, -0.25) is 9.59 Å². The van der Waals surface area contributed by atoms with Crippen LogP contribution in [-0.4, -0.2) is 35.8 Å². The molecule has 4 nitrogen and oxygen atoms in total. The number of nitrogens with zero attached hydrogens (tertiary/aromatic N) is 1. The Kier molecular flexibility index (Phi) is 2.35. The third-order valence-electron chi connectivity index (χ3n) is 2.23. The van der Waals surface area contributed by atoms with E-state index in [4.69, 9.17) is 0 Å². The Bertz CT molecular complexity index is 215. The SMILES string of the molecule is CCC1C(=O)NC(C)C(=O)N1C. The summed E-state index contributed by atoms with van der Waals surface area (Å²) in [6.45, 7) is 3.59. The summed E-state index contributed by atoms with van der Waals surface area (Å²) in [5.41, 5.74) is 0. The highest BCUT2D eigenvalue weighted by molar-refractivity contribution is 5.96. The van der Waals surface area contributed by atoms with Gasteiger partial charge in [0.25, 0.3) is 0 Å². The second-order valence-electron chi connectivity index (χ2n) is 3.10. The van der Waals surface area contributed by atoms with Gasteiger partial charge in [0.05, 0.1) is 0 Å². The van der Waals surface area contributed by atoms with Crippen molar-refractivity contribution in [1.82, 2.24) is 10.2 Å². The molecule has 12 heavy (non-hydrogen) atoms. The Morgan fingerprint density at radius 1 is 1.50 bits per heavy atom. The first kappa shape index (κ1) is 9.03.